The van der Waals surface area contributed by atoms with Crippen LogP contribution < -0.4 is 10.1 Å². The van der Waals surface area contributed by atoms with E-state index in [2.05, 4.69) is 29.0 Å². The quantitative estimate of drug-likeness (QED) is 0.833. The minimum atomic E-state index is -0.186. The summed E-state index contributed by atoms with van der Waals surface area (Å²) in [6.45, 7) is 9.65. The molecule has 1 N–H and O–H groups in total. The first kappa shape index (κ1) is 18.9. The molecular weight excluding hydrogens is 346 g/mol. The molecular formula is C20H27N3O2S. The zero-order valence-electron chi connectivity index (χ0n) is 15.7. The number of nitrogens with zero attached hydrogens (tertiary/aromatic N) is 2. The van der Waals surface area contributed by atoms with Gasteiger partial charge in [0.15, 0.2) is 11.7 Å². The number of carbonyl (C=O) groups excluding carboxylic acids is 1. The average Bonchev–Trinajstić information content (AvgIpc) is 3.00. The molecule has 140 valence electrons. The Kier molecular flexibility index (Phi) is 6.27. The number of anilines is 1. The maximum absolute atomic E-state index is 12.1. The number of nitrogens with one attached hydrogen (secondary N) is 1. The maximum atomic E-state index is 12.1. The zero-order chi connectivity index (χ0) is 18.5. The second-order valence-electron chi connectivity index (χ2n) is 7.39. The van der Waals surface area contributed by atoms with Gasteiger partial charge in [-0.3, -0.25) is 15.0 Å². The monoisotopic (exact) mass is 373 g/mol. The number of carbonyl (C=O) groups is 1. The second kappa shape index (κ2) is 8.64. The fraction of sp³-hybridized carbons (Fsp3) is 0.500. The van der Waals surface area contributed by atoms with E-state index >= 15 is 0 Å². The van der Waals surface area contributed by atoms with Crippen molar-refractivity contribution in [3.05, 3.63) is 40.9 Å². The molecule has 0 radical (unpaired) electrons. The van der Waals surface area contributed by atoms with Crippen molar-refractivity contribution in [2.24, 2.45) is 11.8 Å². The molecule has 2 atom stereocenters. The van der Waals surface area contributed by atoms with E-state index in [1.165, 1.54) is 17.8 Å². The predicted octanol–water partition coefficient (Wildman–Crippen LogP) is 3.95. The van der Waals surface area contributed by atoms with Crippen molar-refractivity contribution in [3.8, 4) is 5.75 Å². The highest BCUT2D eigenvalue weighted by atomic mass is 32.1. The topological polar surface area (TPSA) is 54.5 Å². The number of thiazole rings is 1. The number of piperidine rings is 1. The van der Waals surface area contributed by atoms with Crippen LogP contribution in [-0.4, -0.2) is 35.5 Å². The summed E-state index contributed by atoms with van der Waals surface area (Å²) in [7, 11) is 0. The van der Waals surface area contributed by atoms with Gasteiger partial charge in [0.1, 0.15) is 5.75 Å². The largest absolute Gasteiger partial charge is 0.483 e. The number of rotatable bonds is 6. The van der Waals surface area contributed by atoms with Crippen LogP contribution in [0, 0.1) is 18.8 Å². The highest BCUT2D eigenvalue weighted by Gasteiger charge is 2.22. The van der Waals surface area contributed by atoms with Crippen LogP contribution in [0.1, 0.15) is 31.5 Å². The third kappa shape index (κ3) is 5.29. The first-order valence-corrected chi connectivity index (χ1v) is 10.0. The highest BCUT2D eigenvalue weighted by Crippen LogP contribution is 2.24. The van der Waals surface area contributed by atoms with Crippen molar-refractivity contribution >= 4 is 22.4 Å². The fourth-order valence-corrected chi connectivity index (χ4v) is 4.32. The molecule has 26 heavy (non-hydrogen) atoms. The van der Waals surface area contributed by atoms with Crippen molar-refractivity contribution < 1.29 is 9.53 Å². The Morgan fingerprint density at radius 3 is 2.77 bits per heavy atom. The van der Waals surface area contributed by atoms with Gasteiger partial charge in [-0.15, -0.1) is 11.3 Å². The molecule has 0 saturated carbocycles. The SMILES string of the molecule is Cc1ccccc1OCC(=O)Nc1nc(CN2CC(C)CC(C)C2)cs1. The fourth-order valence-electron chi connectivity index (χ4n) is 3.60. The van der Waals surface area contributed by atoms with Crippen LogP contribution in [0.25, 0.3) is 0 Å². The van der Waals surface area contributed by atoms with Gasteiger partial charge in [-0.05, 0) is 36.8 Å². The molecule has 3 rings (SSSR count). The van der Waals surface area contributed by atoms with E-state index in [4.69, 9.17) is 4.74 Å². The number of hydrogen-bond acceptors (Lipinski definition) is 5. The van der Waals surface area contributed by atoms with Gasteiger partial charge in [0.2, 0.25) is 0 Å². The predicted molar refractivity (Wildman–Crippen MR) is 106 cm³/mol. The Morgan fingerprint density at radius 1 is 1.31 bits per heavy atom. The van der Waals surface area contributed by atoms with E-state index in [0.717, 1.165) is 48.5 Å². The Labute approximate surface area is 159 Å². The molecule has 2 unspecified atom stereocenters. The molecule has 1 aliphatic heterocycles. The molecule has 0 spiro atoms. The van der Waals surface area contributed by atoms with Crippen molar-refractivity contribution in [1.82, 2.24) is 9.88 Å². The van der Waals surface area contributed by atoms with Crippen LogP contribution in [0.15, 0.2) is 29.6 Å². The van der Waals surface area contributed by atoms with E-state index in [9.17, 15) is 4.79 Å². The normalized spacial score (nSPS) is 20.7. The molecule has 1 aromatic heterocycles. The van der Waals surface area contributed by atoms with Crippen LogP contribution >= 0.6 is 11.3 Å². The van der Waals surface area contributed by atoms with Gasteiger partial charge >= 0.3 is 0 Å². The van der Waals surface area contributed by atoms with Gasteiger partial charge in [0.25, 0.3) is 5.91 Å². The highest BCUT2D eigenvalue weighted by molar-refractivity contribution is 7.13. The molecule has 2 aromatic rings. The van der Waals surface area contributed by atoms with Crippen LogP contribution in [0.5, 0.6) is 5.75 Å². The van der Waals surface area contributed by atoms with Crippen LogP contribution in [0.4, 0.5) is 5.13 Å². The molecule has 0 aliphatic carbocycles. The Hall–Kier alpha value is -1.92. The van der Waals surface area contributed by atoms with Crippen molar-refractivity contribution in [3.63, 3.8) is 0 Å². The lowest BCUT2D eigenvalue weighted by Crippen LogP contribution is -2.38. The lowest BCUT2D eigenvalue weighted by atomic mass is 9.92. The standard InChI is InChI=1S/C20H27N3O2S/c1-14-8-15(2)10-23(9-14)11-17-13-26-20(21-17)22-19(24)12-25-18-7-5-4-6-16(18)3/h4-7,13-15H,8-12H2,1-3H3,(H,21,22,24). The maximum Gasteiger partial charge on any atom is 0.264 e. The van der Waals surface area contributed by atoms with E-state index < -0.39 is 0 Å². The minimum absolute atomic E-state index is 0.0130. The number of benzene rings is 1. The number of amides is 1. The van der Waals surface area contributed by atoms with E-state index in [1.54, 1.807) is 0 Å². The minimum Gasteiger partial charge on any atom is -0.483 e. The van der Waals surface area contributed by atoms with Crippen molar-refractivity contribution in [2.75, 3.05) is 25.0 Å². The molecule has 1 aromatic carbocycles. The average molecular weight is 374 g/mol. The summed E-state index contributed by atoms with van der Waals surface area (Å²) in [5.41, 5.74) is 2.04. The first-order chi connectivity index (χ1) is 12.5. The Bertz CT molecular complexity index is 736. The summed E-state index contributed by atoms with van der Waals surface area (Å²) >= 11 is 1.47. The van der Waals surface area contributed by atoms with Crippen molar-refractivity contribution in [2.45, 2.75) is 33.7 Å². The summed E-state index contributed by atoms with van der Waals surface area (Å²) in [4.78, 5) is 19.1. The van der Waals surface area contributed by atoms with Gasteiger partial charge in [-0.25, -0.2) is 4.98 Å². The number of aryl methyl sites for hydroxylation is 1. The van der Waals surface area contributed by atoms with E-state index in [0.29, 0.717) is 5.13 Å². The van der Waals surface area contributed by atoms with Gasteiger partial charge in [0, 0.05) is 25.0 Å². The van der Waals surface area contributed by atoms with E-state index in [1.807, 2.05) is 36.6 Å². The lowest BCUT2D eigenvalue weighted by Gasteiger charge is -2.34. The summed E-state index contributed by atoms with van der Waals surface area (Å²) in [5.74, 6) is 2.01. The van der Waals surface area contributed by atoms with Crippen LogP contribution in [0.3, 0.4) is 0 Å². The van der Waals surface area contributed by atoms with Crippen LogP contribution in [0.2, 0.25) is 0 Å². The molecule has 2 heterocycles. The molecule has 1 aliphatic rings. The van der Waals surface area contributed by atoms with Crippen LogP contribution in [-0.2, 0) is 11.3 Å². The van der Waals surface area contributed by atoms with Gasteiger partial charge < -0.3 is 4.74 Å². The van der Waals surface area contributed by atoms with Gasteiger partial charge in [0.05, 0.1) is 5.69 Å². The second-order valence-corrected chi connectivity index (χ2v) is 8.24. The molecule has 6 heteroatoms. The number of ether oxygens (including phenoxy) is 1. The molecule has 1 amide bonds. The summed E-state index contributed by atoms with van der Waals surface area (Å²) in [6, 6.07) is 7.67. The molecule has 0 bridgehead atoms. The number of hydrogen-bond donors (Lipinski definition) is 1. The lowest BCUT2D eigenvalue weighted by molar-refractivity contribution is -0.118. The van der Waals surface area contributed by atoms with Gasteiger partial charge in [-0.2, -0.15) is 0 Å². The van der Waals surface area contributed by atoms with Crippen molar-refractivity contribution in [1.29, 1.82) is 0 Å². The smallest absolute Gasteiger partial charge is 0.264 e. The number of para-hydroxylation sites is 1. The third-order valence-corrected chi connectivity index (χ3v) is 5.39. The molecule has 5 nitrogen and oxygen atoms in total. The zero-order valence-corrected chi connectivity index (χ0v) is 16.5. The number of aromatic nitrogens is 1. The summed E-state index contributed by atoms with van der Waals surface area (Å²) < 4.78 is 5.58. The summed E-state index contributed by atoms with van der Waals surface area (Å²) in [6.07, 6.45) is 1.30. The Balaban J connectivity index is 1.48. The van der Waals surface area contributed by atoms with Gasteiger partial charge in [-0.1, -0.05) is 32.0 Å². The Morgan fingerprint density at radius 2 is 2.04 bits per heavy atom. The number of likely N-dealkylation sites (tertiary alicyclic amines) is 1. The molecule has 1 fully saturated rings. The van der Waals surface area contributed by atoms with E-state index in [-0.39, 0.29) is 12.5 Å². The molecule has 1 saturated heterocycles. The third-order valence-electron chi connectivity index (χ3n) is 4.58. The first-order valence-electron chi connectivity index (χ1n) is 9.14. The summed E-state index contributed by atoms with van der Waals surface area (Å²) in [5, 5.41) is 5.50.